The molecule has 0 radical (unpaired) electrons. The van der Waals surface area contributed by atoms with Crippen molar-refractivity contribution in [3.8, 4) is 11.5 Å². The van der Waals surface area contributed by atoms with Crippen LogP contribution in [0.15, 0.2) is 30.5 Å². The Balaban J connectivity index is 2.24. The van der Waals surface area contributed by atoms with E-state index in [1.807, 2.05) is 19.2 Å². The van der Waals surface area contributed by atoms with Crippen LogP contribution in [-0.4, -0.2) is 11.0 Å². The minimum absolute atomic E-state index is 0.393. The Labute approximate surface area is 135 Å². The number of hydrogen-bond donors (Lipinski definition) is 1. The van der Waals surface area contributed by atoms with Crippen molar-refractivity contribution < 1.29 is 4.74 Å². The molecule has 0 bridgehead atoms. The van der Waals surface area contributed by atoms with Gasteiger partial charge in [0.1, 0.15) is 11.5 Å². The van der Waals surface area contributed by atoms with Crippen LogP contribution >= 0.6 is 23.2 Å². The van der Waals surface area contributed by atoms with Gasteiger partial charge in [-0.15, -0.1) is 0 Å². The minimum Gasteiger partial charge on any atom is -0.457 e. The molecule has 0 aliphatic carbocycles. The van der Waals surface area contributed by atoms with Gasteiger partial charge in [0.05, 0.1) is 10.0 Å². The van der Waals surface area contributed by atoms with Gasteiger partial charge in [-0.25, -0.2) is 0 Å². The van der Waals surface area contributed by atoms with Crippen molar-refractivity contribution in [2.24, 2.45) is 0 Å². The summed E-state index contributed by atoms with van der Waals surface area (Å²) in [6, 6.07) is 7.53. The number of ether oxygens (including phenoxy) is 1. The summed E-state index contributed by atoms with van der Waals surface area (Å²) in [5, 5.41) is 4.35. The lowest BCUT2D eigenvalue weighted by Gasteiger charge is -2.14. The first kappa shape index (κ1) is 16.1. The Morgan fingerprint density at radius 3 is 2.62 bits per heavy atom. The maximum atomic E-state index is 6.02. The third kappa shape index (κ3) is 4.60. The van der Waals surface area contributed by atoms with Gasteiger partial charge >= 0.3 is 0 Å². The average molecular weight is 325 g/mol. The first-order valence-electron chi connectivity index (χ1n) is 6.77. The fourth-order valence-corrected chi connectivity index (χ4v) is 2.06. The van der Waals surface area contributed by atoms with E-state index in [1.54, 1.807) is 18.2 Å². The highest BCUT2D eigenvalue weighted by Gasteiger charge is 2.08. The van der Waals surface area contributed by atoms with Crippen molar-refractivity contribution >= 4 is 23.2 Å². The third-order valence-electron chi connectivity index (χ3n) is 2.90. The summed E-state index contributed by atoms with van der Waals surface area (Å²) in [5.41, 5.74) is 1.90. The topological polar surface area (TPSA) is 34.1 Å². The Hall–Kier alpha value is -1.29. The lowest BCUT2D eigenvalue weighted by Crippen LogP contribution is -2.22. The Kier molecular flexibility index (Phi) is 5.45. The van der Waals surface area contributed by atoms with E-state index in [0.717, 1.165) is 17.0 Å². The molecule has 1 aromatic heterocycles. The molecule has 0 aliphatic heterocycles. The fraction of sp³-hybridized carbons (Fsp3) is 0.312. The van der Waals surface area contributed by atoms with E-state index in [-0.39, 0.29) is 0 Å². The van der Waals surface area contributed by atoms with Crippen molar-refractivity contribution in [1.29, 1.82) is 0 Å². The minimum atomic E-state index is 0.393. The average Bonchev–Trinajstić information content (AvgIpc) is 2.42. The van der Waals surface area contributed by atoms with Gasteiger partial charge in [-0.2, -0.15) is 0 Å². The van der Waals surface area contributed by atoms with Gasteiger partial charge < -0.3 is 10.1 Å². The number of nitrogens with one attached hydrogen (secondary N) is 1. The van der Waals surface area contributed by atoms with Gasteiger partial charge in [-0.05, 0) is 19.1 Å². The molecule has 0 unspecified atom stereocenters. The molecule has 1 heterocycles. The van der Waals surface area contributed by atoms with Crippen LogP contribution in [0.25, 0.3) is 0 Å². The molecule has 0 aliphatic rings. The van der Waals surface area contributed by atoms with E-state index >= 15 is 0 Å². The van der Waals surface area contributed by atoms with E-state index in [0.29, 0.717) is 28.4 Å². The molecule has 3 nitrogen and oxygen atoms in total. The normalized spacial score (nSPS) is 11.0. The number of hydrogen-bond acceptors (Lipinski definition) is 3. The zero-order chi connectivity index (χ0) is 15.4. The maximum absolute atomic E-state index is 6.02. The van der Waals surface area contributed by atoms with E-state index in [1.165, 1.54) is 0 Å². The smallest absolute Gasteiger partial charge is 0.135 e. The highest BCUT2D eigenvalue weighted by atomic mass is 35.5. The highest BCUT2D eigenvalue weighted by molar-refractivity contribution is 6.42. The lowest BCUT2D eigenvalue weighted by molar-refractivity contribution is 0.467. The Morgan fingerprint density at radius 1 is 1.19 bits per heavy atom. The number of nitrogens with zero attached hydrogens (tertiary/aromatic N) is 1. The van der Waals surface area contributed by atoms with Crippen LogP contribution in [0.5, 0.6) is 11.5 Å². The Bertz CT molecular complexity index is 630. The molecule has 0 atom stereocenters. The zero-order valence-electron chi connectivity index (χ0n) is 12.3. The SMILES string of the molecule is Cc1cc(Oc2ccc(Cl)c(Cl)c2)c(CNC(C)C)cn1. The summed E-state index contributed by atoms with van der Waals surface area (Å²) in [6.45, 7) is 6.82. The lowest BCUT2D eigenvalue weighted by atomic mass is 10.2. The van der Waals surface area contributed by atoms with Crippen molar-refractivity contribution in [1.82, 2.24) is 10.3 Å². The van der Waals surface area contributed by atoms with Crippen LogP contribution < -0.4 is 10.1 Å². The van der Waals surface area contributed by atoms with Gasteiger partial charge in [-0.3, -0.25) is 4.98 Å². The third-order valence-corrected chi connectivity index (χ3v) is 3.64. The molecule has 5 heteroatoms. The largest absolute Gasteiger partial charge is 0.457 e. The molecule has 1 aromatic carbocycles. The standard InChI is InChI=1S/C16H18Cl2N2O/c1-10(2)19-8-12-9-20-11(3)6-16(12)21-13-4-5-14(17)15(18)7-13/h4-7,9-10,19H,8H2,1-3H3. The molecular weight excluding hydrogens is 307 g/mol. The van der Waals surface area contributed by atoms with Gasteiger partial charge in [0.25, 0.3) is 0 Å². The molecule has 1 N–H and O–H groups in total. The van der Waals surface area contributed by atoms with E-state index in [9.17, 15) is 0 Å². The van der Waals surface area contributed by atoms with Crippen molar-refractivity contribution in [3.63, 3.8) is 0 Å². The van der Waals surface area contributed by atoms with E-state index in [2.05, 4.69) is 24.1 Å². The second kappa shape index (κ2) is 7.12. The first-order valence-corrected chi connectivity index (χ1v) is 7.53. The van der Waals surface area contributed by atoms with Gasteiger partial charge in [0.15, 0.2) is 0 Å². The van der Waals surface area contributed by atoms with Crippen molar-refractivity contribution in [2.75, 3.05) is 0 Å². The molecule has 0 spiro atoms. The number of benzene rings is 1. The summed E-state index contributed by atoms with van der Waals surface area (Å²) < 4.78 is 5.94. The molecule has 2 aromatic rings. The predicted molar refractivity (Wildman–Crippen MR) is 87.5 cm³/mol. The van der Waals surface area contributed by atoms with Gasteiger partial charge in [-0.1, -0.05) is 37.0 Å². The molecule has 21 heavy (non-hydrogen) atoms. The number of halogens is 2. The molecule has 0 saturated heterocycles. The van der Waals surface area contributed by atoms with Crippen LogP contribution in [0.2, 0.25) is 10.0 Å². The van der Waals surface area contributed by atoms with Crippen LogP contribution in [-0.2, 0) is 6.54 Å². The van der Waals surface area contributed by atoms with Crippen LogP contribution in [0.1, 0.15) is 25.1 Å². The summed E-state index contributed by atoms with van der Waals surface area (Å²) in [6.07, 6.45) is 1.83. The zero-order valence-corrected chi connectivity index (χ0v) is 13.8. The molecule has 0 saturated carbocycles. The molecule has 0 amide bonds. The van der Waals surface area contributed by atoms with Crippen molar-refractivity contribution in [2.45, 2.75) is 33.4 Å². The van der Waals surface area contributed by atoms with Gasteiger partial charge in [0, 0.05) is 42.2 Å². The van der Waals surface area contributed by atoms with Crippen LogP contribution in [0.3, 0.4) is 0 Å². The quantitative estimate of drug-likeness (QED) is 0.841. The summed E-state index contributed by atoms with van der Waals surface area (Å²) in [7, 11) is 0. The monoisotopic (exact) mass is 324 g/mol. The number of aromatic nitrogens is 1. The van der Waals surface area contributed by atoms with Crippen LogP contribution in [0.4, 0.5) is 0 Å². The van der Waals surface area contributed by atoms with Gasteiger partial charge in [0.2, 0.25) is 0 Å². The van der Waals surface area contributed by atoms with Crippen LogP contribution in [0, 0.1) is 6.92 Å². The van der Waals surface area contributed by atoms with Crippen molar-refractivity contribution in [3.05, 3.63) is 51.8 Å². The number of rotatable bonds is 5. The summed E-state index contributed by atoms with van der Waals surface area (Å²) in [4.78, 5) is 4.32. The predicted octanol–water partition coefficient (Wildman–Crippen LogP) is 4.99. The Morgan fingerprint density at radius 2 is 1.95 bits per heavy atom. The molecule has 112 valence electrons. The molecule has 2 rings (SSSR count). The summed E-state index contributed by atoms with van der Waals surface area (Å²) >= 11 is 11.9. The highest BCUT2D eigenvalue weighted by Crippen LogP contribution is 2.31. The number of aryl methyl sites for hydroxylation is 1. The van der Waals surface area contributed by atoms with E-state index < -0.39 is 0 Å². The number of pyridine rings is 1. The molecular formula is C16H18Cl2N2O. The fourth-order valence-electron chi connectivity index (χ4n) is 1.77. The second-order valence-corrected chi connectivity index (χ2v) is 5.96. The molecule has 0 fully saturated rings. The first-order chi connectivity index (χ1) is 9.95. The maximum Gasteiger partial charge on any atom is 0.135 e. The van der Waals surface area contributed by atoms with E-state index in [4.69, 9.17) is 27.9 Å². The summed E-state index contributed by atoms with van der Waals surface area (Å²) in [5.74, 6) is 1.43. The second-order valence-electron chi connectivity index (χ2n) is 5.15.